The van der Waals surface area contributed by atoms with E-state index in [1.807, 2.05) is 0 Å². The van der Waals surface area contributed by atoms with Gasteiger partial charge in [-0.3, -0.25) is 0 Å². The molecule has 17 heavy (non-hydrogen) atoms. The standard InChI is InChI=1S/C13H22N4/c1-4-5-11-6-7-12(16-15-11)17-9-8-14-10-13(17,2)3/h6-7,14H,4-5,8-10H2,1-3H3. The van der Waals surface area contributed by atoms with Gasteiger partial charge in [0.05, 0.1) is 5.69 Å². The average molecular weight is 234 g/mol. The van der Waals surface area contributed by atoms with Crippen LogP contribution in [0.1, 0.15) is 32.9 Å². The number of rotatable bonds is 3. The summed E-state index contributed by atoms with van der Waals surface area (Å²) in [6, 6.07) is 4.20. The summed E-state index contributed by atoms with van der Waals surface area (Å²) in [5.41, 5.74) is 1.20. The quantitative estimate of drug-likeness (QED) is 0.863. The van der Waals surface area contributed by atoms with Gasteiger partial charge in [-0.15, -0.1) is 5.10 Å². The number of aromatic nitrogens is 2. The largest absolute Gasteiger partial charge is 0.347 e. The summed E-state index contributed by atoms with van der Waals surface area (Å²) in [7, 11) is 0. The van der Waals surface area contributed by atoms with Crippen molar-refractivity contribution < 1.29 is 0 Å². The van der Waals surface area contributed by atoms with Crippen LogP contribution in [0.4, 0.5) is 5.82 Å². The van der Waals surface area contributed by atoms with Gasteiger partial charge in [0.15, 0.2) is 5.82 Å². The van der Waals surface area contributed by atoms with E-state index in [1.165, 1.54) is 0 Å². The van der Waals surface area contributed by atoms with Crippen LogP contribution in [-0.4, -0.2) is 35.4 Å². The molecule has 1 aliphatic heterocycles. The van der Waals surface area contributed by atoms with Crippen LogP contribution >= 0.6 is 0 Å². The van der Waals surface area contributed by atoms with Gasteiger partial charge < -0.3 is 10.2 Å². The molecule has 0 aromatic carbocycles. The highest BCUT2D eigenvalue weighted by atomic mass is 15.3. The highest BCUT2D eigenvalue weighted by Gasteiger charge is 2.30. The predicted molar refractivity (Wildman–Crippen MR) is 70.3 cm³/mol. The molecule has 0 saturated carbocycles. The number of anilines is 1. The van der Waals surface area contributed by atoms with Crippen LogP contribution in [0.15, 0.2) is 12.1 Å². The van der Waals surface area contributed by atoms with Gasteiger partial charge in [-0.2, -0.15) is 5.10 Å². The lowest BCUT2D eigenvalue weighted by molar-refractivity contribution is 0.377. The molecule has 1 saturated heterocycles. The summed E-state index contributed by atoms with van der Waals surface area (Å²) in [6.45, 7) is 9.64. The normalized spacial score (nSPS) is 19.4. The Labute approximate surface area is 103 Å². The number of hydrogen-bond acceptors (Lipinski definition) is 4. The molecule has 2 heterocycles. The fourth-order valence-corrected chi connectivity index (χ4v) is 2.29. The third kappa shape index (κ3) is 2.75. The van der Waals surface area contributed by atoms with E-state index >= 15 is 0 Å². The van der Waals surface area contributed by atoms with Gasteiger partial charge in [0, 0.05) is 25.2 Å². The first kappa shape index (κ1) is 12.3. The summed E-state index contributed by atoms with van der Waals surface area (Å²) in [4.78, 5) is 2.34. The van der Waals surface area contributed by atoms with Gasteiger partial charge >= 0.3 is 0 Å². The monoisotopic (exact) mass is 234 g/mol. The van der Waals surface area contributed by atoms with Crippen molar-refractivity contribution >= 4 is 5.82 Å². The maximum Gasteiger partial charge on any atom is 0.151 e. The van der Waals surface area contributed by atoms with E-state index in [2.05, 4.69) is 53.3 Å². The minimum Gasteiger partial charge on any atom is -0.347 e. The van der Waals surface area contributed by atoms with Crippen molar-refractivity contribution in [1.29, 1.82) is 0 Å². The maximum atomic E-state index is 4.36. The van der Waals surface area contributed by atoms with Crippen LogP contribution in [0.3, 0.4) is 0 Å². The lowest BCUT2D eigenvalue weighted by Crippen LogP contribution is -2.58. The molecule has 1 fully saturated rings. The molecular weight excluding hydrogens is 212 g/mol. The van der Waals surface area contributed by atoms with E-state index in [4.69, 9.17) is 0 Å². The van der Waals surface area contributed by atoms with Crippen LogP contribution in [0.25, 0.3) is 0 Å². The van der Waals surface area contributed by atoms with Gasteiger partial charge in [0.25, 0.3) is 0 Å². The smallest absolute Gasteiger partial charge is 0.151 e. The van der Waals surface area contributed by atoms with Gasteiger partial charge in [-0.05, 0) is 32.4 Å². The summed E-state index contributed by atoms with van der Waals surface area (Å²) >= 11 is 0. The Bertz CT molecular complexity index is 358. The molecule has 0 atom stereocenters. The van der Waals surface area contributed by atoms with Gasteiger partial charge in [0.2, 0.25) is 0 Å². The van der Waals surface area contributed by atoms with Gasteiger partial charge in [0.1, 0.15) is 0 Å². The SMILES string of the molecule is CCCc1ccc(N2CCNCC2(C)C)nn1. The van der Waals surface area contributed by atoms with Gasteiger partial charge in [-0.25, -0.2) is 0 Å². The zero-order chi connectivity index (χ0) is 12.3. The van der Waals surface area contributed by atoms with Crippen LogP contribution in [0.2, 0.25) is 0 Å². The Balaban J connectivity index is 2.15. The first-order valence-corrected chi connectivity index (χ1v) is 6.44. The van der Waals surface area contributed by atoms with E-state index in [0.29, 0.717) is 0 Å². The molecule has 1 aromatic rings. The number of nitrogens with one attached hydrogen (secondary N) is 1. The third-order valence-electron chi connectivity index (χ3n) is 3.29. The number of piperazine rings is 1. The molecule has 1 N–H and O–H groups in total. The molecule has 0 aliphatic carbocycles. The van der Waals surface area contributed by atoms with Gasteiger partial charge in [-0.1, -0.05) is 13.3 Å². The minimum atomic E-state index is 0.110. The van der Waals surface area contributed by atoms with E-state index in [1.54, 1.807) is 0 Å². The molecule has 0 spiro atoms. The topological polar surface area (TPSA) is 41.0 Å². The second-order valence-electron chi connectivity index (χ2n) is 5.27. The minimum absolute atomic E-state index is 0.110. The second-order valence-corrected chi connectivity index (χ2v) is 5.27. The Hall–Kier alpha value is -1.16. The van der Waals surface area contributed by atoms with Crippen molar-refractivity contribution in [3.8, 4) is 0 Å². The number of aryl methyl sites for hydroxylation is 1. The molecule has 1 aliphatic rings. The molecule has 4 nitrogen and oxygen atoms in total. The van der Waals surface area contributed by atoms with Crippen molar-refractivity contribution in [3.05, 3.63) is 17.8 Å². The summed E-state index contributed by atoms with van der Waals surface area (Å²) in [5.74, 6) is 0.997. The molecule has 4 heteroatoms. The summed E-state index contributed by atoms with van der Waals surface area (Å²) < 4.78 is 0. The van der Waals surface area contributed by atoms with E-state index in [-0.39, 0.29) is 5.54 Å². The predicted octanol–water partition coefficient (Wildman–Crippen LogP) is 1.62. The first-order valence-electron chi connectivity index (χ1n) is 6.44. The molecule has 94 valence electrons. The molecular formula is C13H22N4. The lowest BCUT2D eigenvalue weighted by atomic mass is 10.0. The highest BCUT2D eigenvalue weighted by Crippen LogP contribution is 2.22. The zero-order valence-corrected chi connectivity index (χ0v) is 11.0. The van der Waals surface area contributed by atoms with E-state index in [0.717, 1.165) is 44.0 Å². The Morgan fingerprint density at radius 1 is 1.35 bits per heavy atom. The van der Waals surface area contributed by atoms with Crippen molar-refractivity contribution in [1.82, 2.24) is 15.5 Å². The van der Waals surface area contributed by atoms with Crippen molar-refractivity contribution in [2.24, 2.45) is 0 Å². The molecule has 1 aromatic heterocycles. The number of nitrogens with zero attached hydrogens (tertiary/aromatic N) is 3. The fourth-order valence-electron chi connectivity index (χ4n) is 2.29. The summed E-state index contributed by atoms with van der Waals surface area (Å²) in [6.07, 6.45) is 2.13. The highest BCUT2D eigenvalue weighted by molar-refractivity contribution is 5.41. The molecule has 2 rings (SSSR count). The van der Waals surface area contributed by atoms with E-state index in [9.17, 15) is 0 Å². The van der Waals surface area contributed by atoms with Crippen LogP contribution in [-0.2, 0) is 6.42 Å². The van der Waals surface area contributed by atoms with Crippen molar-refractivity contribution in [3.63, 3.8) is 0 Å². The molecule has 0 radical (unpaired) electrons. The molecule has 0 unspecified atom stereocenters. The lowest BCUT2D eigenvalue weighted by Gasteiger charge is -2.43. The van der Waals surface area contributed by atoms with Crippen molar-refractivity contribution in [2.75, 3.05) is 24.5 Å². The second kappa shape index (κ2) is 5.00. The Kier molecular flexibility index (Phi) is 3.62. The summed E-state index contributed by atoms with van der Waals surface area (Å²) in [5, 5.41) is 12.1. The van der Waals surface area contributed by atoms with Crippen LogP contribution in [0, 0.1) is 0 Å². The van der Waals surface area contributed by atoms with Crippen molar-refractivity contribution in [2.45, 2.75) is 39.2 Å². The Morgan fingerprint density at radius 3 is 2.76 bits per heavy atom. The van der Waals surface area contributed by atoms with Crippen LogP contribution < -0.4 is 10.2 Å². The third-order valence-corrected chi connectivity index (χ3v) is 3.29. The zero-order valence-electron chi connectivity index (χ0n) is 11.0. The average Bonchev–Trinajstić information content (AvgIpc) is 2.30. The molecule has 0 bridgehead atoms. The Morgan fingerprint density at radius 2 is 2.18 bits per heavy atom. The molecule has 0 amide bonds. The maximum absolute atomic E-state index is 4.36. The van der Waals surface area contributed by atoms with Crippen LogP contribution in [0.5, 0.6) is 0 Å². The first-order chi connectivity index (χ1) is 8.13. The number of hydrogen-bond donors (Lipinski definition) is 1. The van der Waals surface area contributed by atoms with E-state index < -0.39 is 0 Å². The fraction of sp³-hybridized carbons (Fsp3) is 0.692.